The van der Waals surface area contributed by atoms with Gasteiger partial charge in [0.25, 0.3) is 5.60 Å². The van der Waals surface area contributed by atoms with Crippen molar-refractivity contribution in [3.8, 4) is 5.75 Å². The lowest BCUT2D eigenvalue weighted by Crippen LogP contribution is -2.52. The Bertz CT molecular complexity index is 839. The molecular weight excluding hydrogens is 321 g/mol. The minimum Gasteiger partial charge on any atom is -0.478 e. The van der Waals surface area contributed by atoms with Crippen LogP contribution in [0.2, 0.25) is 0 Å². The molecule has 3 nitrogen and oxygen atoms in total. The van der Waals surface area contributed by atoms with Gasteiger partial charge in [-0.2, -0.15) is 13.2 Å². The van der Waals surface area contributed by atoms with Crippen molar-refractivity contribution in [2.75, 3.05) is 0 Å². The largest absolute Gasteiger partial charge is 0.478 e. The van der Waals surface area contributed by atoms with Crippen molar-refractivity contribution in [1.29, 1.82) is 0 Å². The van der Waals surface area contributed by atoms with Crippen molar-refractivity contribution in [3.63, 3.8) is 0 Å². The van der Waals surface area contributed by atoms with Crippen LogP contribution in [0.4, 0.5) is 13.2 Å². The first-order chi connectivity index (χ1) is 11.3. The number of aryl methyl sites for hydroxylation is 1. The number of hydrogen-bond donors (Lipinski definition) is 1. The van der Waals surface area contributed by atoms with Crippen molar-refractivity contribution in [3.05, 3.63) is 70.8 Å². The van der Waals surface area contributed by atoms with Gasteiger partial charge in [-0.25, -0.2) is 4.79 Å². The van der Waals surface area contributed by atoms with Gasteiger partial charge in [0, 0.05) is 11.1 Å². The second-order valence-corrected chi connectivity index (χ2v) is 5.50. The van der Waals surface area contributed by atoms with Crippen LogP contribution in [0.25, 0.3) is 6.08 Å². The molecule has 1 N–H and O–H groups in total. The topological polar surface area (TPSA) is 46.5 Å². The molecule has 1 heterocycles. The standard InChI is InChI=1S/C18H13F3O3/c1-11-6-2-4-8-13(11)17(18(19,20)21)14(16(22)23)10-12-7-3-5-9-15(12)24-17/h2-10H,1H3,(H,22,23). The molecule has 124 valence electrons. The summed E-state index contributed by atoms with van der Waals surface area (Å²) in [6.07, 6.45) is -3.93. The third-order valence-electron chi connectivity index (χ3n) is 4.02. The van der Waals surface area contributed by atoms with Crippen LogP contribution in [0.15, 0.2) is 54.1 Å². The summed E-state index contributed by atoms with van der Waals surface area (Å²) in [6, 6.07) is 11.8. The van der Waals surface area contributed by atoms with E-state index in [9.17, 15) is 23.1 Å². The minimum absolute atomic E-state index is 0.0110. The molecule has 0 spiro atoms. The summed E-state index contributed by atoms with van der Waals surface area (Å²) in [4.78, 5) is 11.7. The normalized spacial score (nSPS) is 19.9. The van der Waals surface area contributed by atoms with Gasteiger partial charge in [0.15, 0.2) is 0 Å². The smallest absolute Gasteiger partial charge is 0.437 e. The van der Waals surface area contributed by atoms with Crippen LogP contribution in [0.5, 0.6) is 5.75 Å². The Morgan fingerprint density at radius 1 is 1.08 bits per heavy atom. The monoisotopic (exact) mass is 334 g/mol. The molecule has 2 aromatic rings. The van der Waals surface area contributed by atoms with Crippen molar-refractivity contribution in [1.82, 2.24) is 0 Å². The fourth-order valence-corrected chi connectivity index (χ4v) is 2.91. The first kappa shape index (κ1) is 16.1. The molecule has 6 heteroatoms. The molecule has 24 heavy (non-hydrogen) atoms. The molecule has 0 fully saturated rings. The lowest BCUT2D eigenvalue weighted by atomic mass is 9.80. The number of alkyl halides is 3. The summed E-state index contributed by atoms with van der Waals surface area (Å²) in [5, 5.41) is 9.47. The quantitative estimate of drug-likeness (QED) is 0.890. The third kappa shape index (κ3) is 2.26. The lowest BCUT2D eigenvalue weighted by molar-refractivity contribution is -0.241. The van der Waals surface area contributed by atoms with E-state index in [4.69, 9.17) is 4.74 Å². The number of hydrogen-bond acceptors (Lipinski definition) is 2. The molecular formula is C18H13F3O3. The van der Waals surface area contributed by atoms with Crippen molar-refractivity contribution < 1.29 is 27.8 Å². The maximum Gasteiger partial charge on any atom is 0.437 e. The number of carboxylic acid groups (broad SMARTS) is 1. The molecule has 0 bridgehead atoms. The molecule has 0 aliphatic carbocycles. The Morgan fingerprint density at radius 2 is 1.71 bits per heavy atom. The van der Waals surface area contributed by atoms with E-state index in [1.54, 1.807) is 12.1 Å². The highest BCUT2D eigenvalue weighted by atomic mass is 19.4. The zero-order valence-corrected chi connectivity index (χ0v) is 12.6. The number of benzene rings is 2. The van der Waals surface area contributed by atoms with Gasteiger partial charge in [0.1, 0.15) is 5.75 Å². The van der Waals surface area contributed by atoms with Gasteiger partial charge in [-0.05, 0) is 24.6 Å². The summed E-state index contributed by atoms with van der Waals surface area (Å²) in [5.41, 5.74) is -3.56. The Kier molecular flexibility index (Phi) is 3.63. The van der Waals surface area contributed by atoms with Crippen LogP contribution in [0, 0.1) is 6.92 Å². The van der Waals surface area contributed by atoms with E-state index in [0.29, 0.717) is 11.1 Å². The molecule has 1 aliphatic heterocycles. The molecule has 3 rings (SSSR count). The molecule has 0 aromatic heterocycles. The predicted octanol–water partition coefficient (Wildman–Crippen LogP) is 4.31. The van der Waals surface area contributed by atoms with Crippen LogP contribution in [0.1, 0.15) is 16.7 Å². The number of carbonyl (C=O) groups is 1. The Labute approximate surface area is 136 Å². The number of aliphatic carboxylic acids is 1. The van der Waals surface area contributed by atoms with Gasteiger partial charge >= 0.3 is 12.1 Å². The van der Waals surface area contributed by atoms with E-state index in [-0.39, 0.29) is 11.3 Å². The van der Waals surface area contributed by atoms with Crippen LogP contribution in [-0.2, 0) is 10.4 Å². The van der Waals surface area contributed by atoms with Gasteiger partial charge in [-0.1, -0.05) is 42.5 Å². The molecule has 1 atom stereocenters. The zero-order chi connectivity index (χ0) is 17.5. The van der Waals surface area contributed by atoms with E-state index in [2.05, 4.69) is 0 Å². The van der Waals surface area contributed by atoms with Crippen molar-refractivity contribution in [2.45, 2.75) is 18.7 Å². The van der Waals surface area contributed by atoms with Gasteiger partial charge in [-0.3, -0.25) is 0 Å². The van der Waals surface area contributed by atoms with Crippen molar-refractivity contribution >= 4 is 12.0 Å². The van der Waals surface area contributed by atoms with Crippen LogP contribution in [0.3, 0.4) is 0 Å². The summed E-state index contributed by atoms with van der Waals surface area (Å²) >= 11 is 0. The molecule has 0 amide bonds. The maximum absolute atomic E-state index is 14.1. The molecule has 2 aromatic carbocycles. The predicted molar refractivity (Wildman–Crippen MR) is 81.6 cm³/mol. The first-order valence-electron chi connectivity index (χ1n) is 7.13. The van der Waals surface area contributed by atoms with Gasteiger partial charge < -0.3 is 9.84 Å². The zero-order valence-electron chi connectivity index (χ0n) is 12.6. The number of para-hydroxylation sites is 1. The van der Waals surface area contributed by atoms with E-state index >= 15 is 0 Å². The molecule has 0 saturated carbocycles. The minimum atomic E-state index is -4.96. The average molecular weight is 334 g/mol. The summed E-state index contributed by atoms with van der Waals surface area (Å²) in [7, 11) is 0. The van der Waals surface area contributed by atoms with Crippen LogP contribution in [-0.4, -0.2) is 17.3 Å². The van der Waals surface area contributed by atoms with Gasteiger partial charge in [-0.15, -0.1) is 0 Å². The summed E-state index contributed by atoms with van der Waals surface area (Å²) in [6.45, 7) is 1.49. The highest BCUT2D eigenvalue weighted by Gasteiger charge is 2.64. The van der Waals surface area contributed by atoms with Gasteiger partial charge in [0.2, 0.25) is 0 Å². The third-order valence-corrected chi connectivity index (χ3v) is 4.02. The molecule has 0 saturated heterocycles. The second-order valence-electron chi connectivity index (χ2n) is 5.50. The Hall–Kier alpha value is -2.76. The maximum atomic E-state index is 14.1. The second kappa shape index (κ2) is 5.40. The Balaban J connectivity index is 2.38. The highest BCUT2D eigenvalue weighted by Crippen LogP contribution is 2.52. The van der Waals surface area contributed by atoms with Crippen LogP contribution < -0.4 is 4.74 Å². The highest BCUT2D eigenvalue weighted by molar-refractivity contribution is 5.96. The van der Waals surface area contributed by atoms with Crippen LogP contribution >= 0.6 is 0 Å². The van der Waals surface area contributed by atoms with Crippen molar-refractivity contribution in [2.24, 2.45) is 0 Å². The summed E-state index contributed by atoms with van der Waals surface area (Å²) < 4.78 is 47.8. The number of ether oxygens (including phenoxy) is 1. The number of rotatable bonds is 2. The first-order valence-corrected chi connectivity index (χ1v) is 7.13. The van der Waals surface area contributed by atoms with E-state index in [1.807, 2.05) is 0 Å². The van der Waals surface area contributed by atoms with E-state index < -0.39 is 23.3 Å². The fourth-order valence-electron chi connectivity index (χ4n) is 2.91. The SMILES string of the molecule is Cc1ccccc1C1(C(F)(F)F)Oc2ccccc2C=C1C(=O)O. The number of halogens is 3. The lowest BCUT2D eigenvalue weighted by Gasteiger charge is -2.40. The number of fused-ring (bicyclic) bond motifs is 1. The molecule has 0 radical (unpaired) electrons. The average Bonchev–Trinajstić information content (AvgIpc) is 2.52. The molecule has 1 unspecified atom stereocenters. The number of carboxylic acids is 1. The fraction of sp³-hybridized carbons (Fsp3) is 0.167. The van der Waals surface area contributed by atoms with E-state index in [1.165, 1.54) is 43.3 Å². The van der Waals surface area contributed by atoms with Gasteiger partial charge in [0.05, 0.1) is 5.57 Å². The summed E-state index contributed by atoms with van der Waals surface area (Å²) in [5.74, 6) is -1.69. The Morgan fingerprint density at radius 3 is 2.33 bits per heavy atom. The molecule has 1 aliphatic rings. The van der Waals surface area contributed by atoms with E-state index in [0.717, 1.165) is 6.08 Å².